The van der Waals surface area contributed by atoms with Gasteiger partial charge in [0.25, 0.3) is 0 Å². The Kier molecular flexibility index (Phi) is 4.68. The predicted octanol–water partition coefficient (Wildman–Crippen LogP) is 2.18. The van der Waals surface area contributed by atoms with Crippen molar-refractivity contribution in [2.24, 2.45) is 5.41 Å². The van der Waals surface area contributed by atoms with Crippen molar-refractivity contribution in [2.75, 3.05) is 19.6 Å². The zero-order chi connectivity index (χ0) is 19.2. The van der Waals surface area contributed by atoms with E-state index in [1.54, 1.807) is 6.92 Å². The van der Waals surface area contributed by atoms with Gasteiger partial charge in [0, 0.05) is 19.6 Å². The molecule has 1 spiro atoms. The lowest BCUT2D eigenvalue weighted by atomic mass is 9.79. The minimum atomic E-state index is -5.01. The Morgan fingerprint density at radius 2 is 2.00 bits per heavy atom. The molecule has 0 saturated carbocycles. The maximum Gasteiger partial charge on any atom is 0.573 e. The third-order valence-electron chi connectivity index (χ3n) is 4.86. The number of carbonyl (C=O) groups excluding carboxylic acids is 1. The molecule has 2 saturated heterocycles. The normalized spacial score (nSPS) is 24.7. The number of rotatable bonds is 3. The fraction of sp³-hybridized carbons (Fsp3) is 0.562. The average Bonchev–Trinajstić information content (AvgIpc) is 2.86. The van der Waals surface area contributed by atoms with Crippen molar-refractivity contribution in [1.82, 2.24) is 9.62 Å². The van der Waals surface area contributed by atoms with E-state index in [1.165, 1.54) is 6.07 Å². The molecule has 1 N–H and O–H groups in total. The molecule has 144 valence electrons. The number of piperidine rings is 1. The lowest BCUT2D eigenvalue weighted by molar-refractivity contribution is -0.275. The highest BCUT2D eigenvalue weighted by atomic mass is 32.2. The van der Waals surface area contributed by atoms with E-state index < -0.39 is 32.4 Å². The van der Waals surface area contributed by atoms with Crippen molar-refractivity contribution in [1.29, 1.82) is 0 Å². The highest BCUT2D eigenvalue weighted by Gasteiger charge is 2.48. The SMILES string of the molecule is Cc1ccc(S(=O)(=O)N2CCCC3(CCNC3=O)C2)c(OC(F)(F)F)c1. The van der Waals surface area contributed by atoms with E-state index in [9.17, 15) is 26.4 Å². The molecule has 1 atom stereocenters. The summed E-state index contributed by atoms with van der Waals surface area (Å²) in [7, 11) is -4.24. The number of amides is 1. The summed E-state index contributed by atoms with van der Waals surface area (Å²) in [6.45, 7) is 2.12. The van der Waals surface area contributed by atoms with E-state index in [-0.39, 0.29) is 19.0 Å². The molecule has 6 nitrogen and oxygen atoms in total. The van der Waals surface area contributed by atoms with Gasteiger partial charge in [0.15, 0.2) is 0 Å². The topological polar surface area (TPSA) is 75.7 Å². The summed E-state index contributed by atoms with van der Waals surface area (Å²) in [6.07, 6.45) is -3.47. The smallest absolute Gasteiger partial charge is 0.404 e. The molecule has 0 bridgehead atoms. The van der Waals surface area contributed by atoms with Crippen LogP contribution in [0.4, 0.5) is 13.2 Å². The second kappa shape index (κ2) is 6.41. The van der Waals surface area contributed by atoms with E-state index in [0.29, 0.717) is 31.4 Å². The number of hydrogen-bond acceptors (Lipinski definition) is 4. The lowest BCUT2D eigenvalue weighted by Gasteiger charge is -2.37. The van der Waals surface area contributed by atoms with Gasteiger partial charge in [0.05, 0.1) is 5.41 Å². The third kappa shape index (κ3) is 3.52. The van der Waals surface area contributed by atoms with Crippen molar-refractivity contribution in [3.8, 4) is 5.75 Å². The molecule has 10 heteroatoms. The number of nitrogens with zero attached hydrogens (tertiary/aromatic N) is 1. The van der Waals surface area contributed by atoms with Gasteiger partial charge in [0.1, 0.15) is 10.6 Å². The number of hydrogen-bond donors (Lipinski definition) is 1. The number of sulfonamides is 1. The summed E-state index contributed by atoms with van der Waals surface area (Å²) in [5.41, 5.74) is -0.366. The molecule has 2 aliphatic heterocycles. The number of alkyl halides is 3. The molecule has 1 aromatic carbocycles. The predicted molar refractivity (Wildman–Crippen MR) is 85.9 cm³/mol. The van der Waals surface area contributed by atoms with Crippen LogP contribution in [-0.2, 0) is 14.8 Å². The standard InChI is InChI=1S/C16H19F3N2O4S/c1-11-3-4-13(12(9-11)25-16(17,18)19)26(23,24)21-8-2-5-15(10-21)6-7-20-14(15)22/h3-4,9H,2,5-8,10H2,1H3,(H,20,22). The summed E-state index contributed by atoms with van der Waals surface area (Å²) in [5.74, 6) is -0.957. The lowest BCUT2D eigenvalue weighted by Crippen LogP contribution is -2.49. The van der Waals surface area contributed by atoms with Crippen LogP contribution in [0.15, 0.2) is 23.1 Å². The second-order valence-corrected chi connectivity index (χ2v) is 8.63. The van der Waals surface area contributed by atoms with E-state index in [1.807, 2.05) is 0 Å². The zero-order valence-corrected chi connectivity index (χ0v) is 14.9. The van der Waals surface area contributed by atoms with Gasteiger partial charge < -0.3 is 10.1 Å². The third-order valence-corrected chi connectivity index (χ3v) is 6.74. The van der Waals surface area contributed by atoms with Crippen LogP contribution in [0, 0.1) is 12.3 Å². The number of carbonyl (C=O) groups is 1. The fourth-order valence-corrected chi connectivity index (χ4v) is 5.23. The number of halogens is 3. The monoisotopic (exact) mass is 392 g/mol. The van der Waals surface area contributed by atoms with Crippen LogP contribution in [0.3, 0.4) is 0 Å². The van der Waals surface area contributed by atoms with Crippen LogP contribution in [0.5, 0.6) is 5.75 Å². The number of benzene rings is 1. The van der Waals surface area contributed by atoms with Gasteiger partial charge in [-0.25, -0.2) is 8.42 Å². The number of nitrogens with one attached hydrogen (secondary N) is 1. The first-order valence-corrected chi connectivity index (χ1v) is 9.62. The van der Waals surface area contributed by atoms with Crippen LogP contribution in [0.25, 0.3) is 0 Å². The van der Waals surface area contributed by atoms with Gasteiger partial charge in [-0.3, -0.25) is 4.79 Å². The molecule has 1 amide bonds. The first kappa shape index (κ1) is 19.0. The Bertz CT molecular complexity index is 825. The van der Waals surface area contributed by atoms with E-state index in [2.05, 4.69) is 10.1 Å². The molecule has 1 aromatic rings. The molecular formula is C16H19F3N2O4S. The molecule has 3 rings (SSSR count). The summed E-state index contributed by atoms with van der Waals surface area (Å²) >= 11 is 0. The Balaban J connectivity index is 1.96. The minimum absolute atomic E-state index is 0.0412. The van der Waals surface area contributed by atoms with Gasteiger partial charge >= 0.3 is 6.36 Å². The maximum absolute atomic E-state index is 13.0. The quantitative estimate of drug-likeness (QED) is 0.856. The molecule has 1 unspecified atom stereocenters. The summed E-state index contributed by atoms with van der Waals surface area (Å²) in [5, 5.41) is 2.71. The molecule has 0 aromatic heterocycles. The maximum atomic E-state index is 13.0. The second-order valence-electron chi connectivity index (χ2n) is 6.73. The van der Waals surface area contributed by atoms with Crippen LogP contribution in [0.2, 0.25) is 0 Å². The average molecular weight is 392 g/mol. The van der Waals surface area contributed by atoms with Crippen molar-refractivity contribution < 1.29 is 31.1 Å². The molecule has 26 heavy (non-hydrogen) atoms. The number of ether oxygens (including phenoxy) is 1. The largest absolute Gasteiger partial charge is 0.573 e. The Morgan fingerprint density at radius 1 is 1.27 bits per heavy atom. The molecule has 2 fully saturated rings. The van der Waals surface area contributed by atoms with Crippen LogP contribution in [-0.4, -0.2) is 44.6 Å². The highest BCUT2D eigenvalue weighted by molar-refractivity contribution is 7.89. The summed E-state index contributed by atoms with van der Waals surface area (Å²) in [4.78, 5) is 11.6. The van der Waals surface area contributed by atoms with Crippen LogP contribution in [0.1, 0.15) is 24.8 Å². The molecule has 0 radical (unpaired) electrons. The molecular weight excluding hydrogens is 373 g/mol. The van der Waals surface area contributed by atoms with Crippen molar-refractivity contribution in [2.45, 2.75) is 37.4 Å². The zero-order valence-electron chi connectivity index (χ0n) is 14.1. The first-order valence-electron chi connectivity index (χ1n) is 8.18. The van der Waals surface area contributed by atoms with Gasteiger partial charge in [-0.1, -0.05) is 6.07 Å². The number of aryl methyl sites for hydroxylation is 1. The highest BCUT2D eigenvalue weighted by Crippen LogP contribution is 2.40. The van der Waals surface area contributed by atoms with Gasteiger partial charge in [-0.2, -0.15) is 4.31 Å². The van der Waals surface area contributed by atoms with E-state index >= 15 is 0 Å². The Morgan fingerprint density at radius 3 is 2.62 bits per heavy atom. The van der Waals surface area contributed by atoms with Crippen LogP contribution < -0.4 is 10.1 Å². The van der Waals surface area contributed by atoms with E-state index in [4.69, 9.17) is 0 Å². The van der Waals surface area contributed by atoms with Gasteiger partial charge in [-0.15, -0.1) is 13.2 Å². The Hall–Kier alpha value is -1.81. The van der Waals surface area contributed by atoms with Crippen molar-refractivity contribution in [3.05, 3.63) is 23.8 Å². The molecule has 0 aliphatic carbocycles. The van der Waals surface area contributed by atoms with Crippen molar-refractivity contribution >= 4 is 15.9 Å². The first-order chi connectivity index (χ1) is 12.0. The molecule has 2 heterocycles. The summed E-state index contributed by atoms with van der Waals surface area (Å²) in [6, 6.07) is 3.57. The van der Waals surface area contributed by atoms with Crippen LogP contribution >= 0.6 is 0 Å². The summed E-state index contributed by atoms with van der Waals surface area (Å²) < 4.78 is 69.1. The van der Waals surface area contributed by atoms with E-state index in [0.717, 1.165) is 16.4 Å². The van der Waals surface area contributed by atoms with Gasteiger partial charge in [0.2, 0.25) is 15.9 Å². The fourth-order valence-electron chi connectivity index (χ4n) is 3.57. The minimum Gasteiger partial charge on any atom is -0.404 e. The van der Waals surface area contributed by atoms with Crippen molar-refractivity contribution in [3.63, 3.8) is 0 Å². The van der Waals surface area contributed by atoms with Gasteiger partial charge in [-0.05, 0) is 43.9 Å². The molecule has 2 aliphatic rings. The Labute approximate surface area is 149 Å².